The van der Waals surface area contributed by atoms with Crippen molar-refractivity contribution in [2.75, 3.05) is 13.7 Å². The maximum Gasteiger partial charge on any atom is 0.407 e. The van der Waals surface area contributed by atoms with Crippen molar-refractivity contribution in [1.82, 2.24) is 5.32 Å². The molecule has 2 unspecified atom stereocenters. The van der Waals surface area contributed by atoms with Gasteiger partial charge in [-0.3, -0.25) is 0 Å². The lowest BCUT2D eigenvalue weighted by Crippen LogP contribution is -2.38. The topological polar surface area (TPSA) is 105 Å². The van der Waals surface area contributed by atoms with Crippen LogP contribution in [0.3, 0.4) is 0 Å². The molecule has 1 aromatic rings. The van der Waals surface area contributed by atoms with Gasteiger partial charge in [-0.15, -0.1) is 11.3 Å². The third-order valence-electron chi connectivity index (χ3n) is 2.57. The lowest BCUT2D eigenvalue weighted by atomic mass is 10.1. The van der Waals surface area contributed by atoms with Gasteiger partial charge in [0.1, 0.15) is 22.7 Å². The number of alkyl carbamates (subject to hydrolysis) is 1. The molecular weight excluding hydrogens is 310 g/mol. The van der Waals surface area contributed by atoms with Crippen LogP contribution in [0.15, 0.2) is 11.4 Å². The molecule has 0 spiro atoms. The van der Waals surface area contributed by atoms with E-state index in [1.807, 2.05) is 0 Å². The number of ether oxygens (including phenoxy) is 2. The number of aliphatic hydroxyl groups is 2. The highest BCUT2D eigenvalue weighted by Gasteiger charge is 2.23. The van der Waals surface area contributed by atoms with E-state index in [0.29, 0.717) is 10.4 Å². The zero-order chi connectivity index (χ0) is 16.9. The van der Waals surface area contributed by atoms with E-state index in [4.69, 9.17) is 4.74 Å². The van der Waals surface area contributed by atoms with E-state index >= 15 is 0 Å². The van der Waals surface area contributed by atoms with Gasteiger partial charge < -0.3 is 25.0 Å². The third kappa shape index (κ3) is 5.63. The molecular formula is C14H21NO6S. The van der Waals surface area contributed by atoms with E-state index in [-0.39, 0.29) is 6.54 Å². The second kappa shape index (κ2) is 7.57. The Morgan fingerprint density at radius 1 is 1.36 bits per heavy atom. The van der Waals surface area contributed by atoms with Gasteiger partial charge in [-0.1, -0.05) is 0 Å². The summed E-state index contributed by atoms with van der Waals surface area (Å²) in [5.41, 5.74) is -0.264. The molecule has 0 radical (unpaired) electrons. The summed E-state index contributed by atoms with van der Waals surface area (Å²) >= 11 is 1.10. The molecule has 1 aromatic heterocycles. The molecule has 0 aliphatic carbocycles. The van der Waals surface area contributed by atoms with Gasteiger partial charge in [0.05, 0.1) is 7.11 Å². The van der Waals surface area contributed by atoms with Gasteiger partial charge in [-0.2, -0.15) is 0 Å². The van der Waals surface area contributed by atoms with Crippen molar-refractivity contribution in [1.29, 1.82) is 0 Å². The first-order valence-corrected chi connectivity index (χ1v) is 7.51. The number of carbonyl (C=O) groups excluding carboxylic acids is 2. The number of methoxy groups -OCH3 is 1. The summed E-state index contributed by atoms with van der Waals surface area (Å²) in [6.07, 6.45) is -3.14. The van der Waals surface area contributed by atoms with Crippen LogP contribution >= 0.6 is 11.3 Å². The Morgan fingerprint density at radius 3 is 2.55 bits per heavy atom. The Hall–Kier alpha value is -1.64. The zero-order valence-corrected chi connectivity index (χ0v) is 13.8. The number of thiophene rings is 1. The van der Waals surface area contributed by atoms with Crippen molar-refractivity contribution in [3.8, 4) is 0 Å². The Bertz CT molecular complexity index is 522. The molecule has 0 aliphatic heterocycles. The molecule has 0 aromatic carbocycles. The Kier molecular flexibility index (Phi) is 6.34. The lowest BCUT2D eigenvalue weighted by Gasteiger charge is -2.21. The molecule has 1 amide bonds. The number of carbonyl (C=O) groups is 2. The van der Waals surface area contributed by atoms with Crippen molar-refractivity contribution >= 4 is 23.4 Å². The summed E-state index contributed by atoms with van der Waals surface area (Å²) in [6.45, 7) is 4.98. The summed E-state index contributed by atoms with van der Waals surface area (Å²) in [7, 11) is 1.26. The standard InChI is InChI=1S/C14H21NO6S/c1-14(2,3)21-13(19)15-6-9(16)11(17)8-5-10(22-7-8)12(18)20-4/h5,7,9,11,16-17H,6H2,1-4H3,(H,15,19). The molecule has 2 atom stereocenters. The minimum absolute atomic E-state index is 0.181. The number of amides is 1. The summed E-state index contributed by atoms with van der Waals surface area (Å²) in [5.74, 6) is -0.509. The molecule has 0 fully saturated rings. The molecule has 7 nitrogen and oxygen atoms in total. The highest BCUT2D eigenvalue weighted by molar-refractivity contribution is 7.12. The van der Waals surface area contributed by atoms with E-state index < -0.39 is 29.9 Å². The number of nitrogens with one attached hydrogen (secondary N) is 1. The van der Waals surface area contributed by atoms with E-state index in [0.717, 1.165) is 11.3 Å². The second-order valence-electron chi connectivity index (χ2n) is 5.63. The van der Waals surface area contributed by atoms with Gasteiger partial charge in [0.15, 0.2) is 0 Å². The van der Waals surface area contributed by atoms with Crippen LogP contribution in [0.25, 0.3) is 0 Å². The van der Waals surface area contributed by atoms with Crippen molar-refractivity contribution < 1.29 is 29.3 Å². The van der Waals surface area contributed by atoms with Crippen LogP contribution < -0.4 is 5.32 Å². The second-order valence-corrected chi connectivity index (χ2v) is 6.54. The summed E-state index contributed by atoms with van der Waals surface area (Å²) < 4.78 is 9.59. The normalized spacial score (nSPS) is 14.1. The number of esters is 1. The monoisotopic (exact) mass is 331 g/mol. The molecule has 22 heavy (non-hydrogen) atoms. The van der Waals surface area contributed by atoms with E-state index in [1.54, 1.807) is 26.2 Å². The Balaban J connectivity index is 2.54. The fraction of sp³-hybridized carbons (Fsp3) is 0.571. The maximum absolute atomic E-state index is 11.5. The molecule has 8 heteroatoms. The van der Waals surface area contributed by atoms with Gasteiger partial charge in [0.2, 0.25) is 0 Å². The number of aliphatic hydroxyl groups excluding tert-OH is 2. The van der Waals surface area contributed by atoms with Gasteiger partial charge in [0.25, 0.3) is 0 Å². The Morgan fingerprint density at radius 2 is 2.00 bits per heavy atom. The van der Waals surface area contributed by atoms with E-state index in [9.17, 15) is 19.8 Å². The molecule has 3 N–H and O–H groups in total. The van der Waals surface area contributed by atoms with Crippen LogP contribution in [0.2, 0.25) is 0 Å². The smallest absolute Gasteiger partial charge is 0.407 e. The predicted octanol–water partition coefficient (Wildman–Crippen LogP) is 1.45. The highest BCUT2D eigenvalue weighted by atomic mass is 32.1. The SMILES string of the molecule is COC(=O)c1cc(C(O)C(O)CNC(=O)OC(C)(C)C)cs1. The fourth-order valence-corrected chi connectivity index (χ4v) is 2.40. The molecule has 0 aliphatic rings. The van der Waals surface area contributed by atoms with Crippen LogP contribution in [-0.4, -0.2) is 47.6 Å². The predicted molar refractivity (Wildman–Crippen MR) is 80.9 cm³/mol. The molecule has 124 valence electrons. The maximum atomic E-state index is 11.5. The summed E-state index contributed by atoms with van der Waals surface area (Å²) in [6, 6.07) is 1.44. The molecule has 0 saturated carbocycles. The fourth-order valence-electron chi connectivity index (χ4n) is 1.55. The van der Waals surface area contributed by atoms with Crippen LogP contribution in [-0.2, 0) is 9.47 Å². The van der Waals surface area contributed by atoms with Crippen LogP contribution in [0.1, 0.15) is 42.1 Å². The average molecular weight is 331 g/mol. The van der Waals surface area contributed by atoms with Crippen LogP contribution in [0.5, 0.6) is 0 Å². The van der Waals surface area contributed by atoms with Gasteiger partial charge in [0, 0.05) is 6.54 Å². The Labute approximate surface area is 132 Å². The van der Waals surface area contributed by atoms with Crippen LogP contribution in [0.4, 0.5) is 4.79 Å². The molecule has 1 heterocycles. The van der Waals surface area contributed by atoms with Crippen molar-refractivity contribution in [2.45, 2.75) is 38.6 Å². The van der Waals surface area contributed by atoms with E-state index in [2.05, 4.69) is 10.1 Å². The first kappa shape index (κ1) is 18.4. The molecule has 0 bridgehead atoms. The number of hydrogen-bond acceptors (Lipinski definition) is 7. The average Bonchev–Trinajstić information content (AvgIpc) is 2.90. The van der Waals surface area contributed by atoms with Crippen LogP contribution in [0, 0.1) is 0 Å². The molecule has 0 saturated heterocycles. The van der Waals surface area contributed by atoms with E-state index in [1.165, 1.54) is 13.2 Å². The number of rotatable bonds is 5. The zero-order valence-electron chi connectivity index (χ0n) is 13.0. The summed E-state index contributed by atoms with van der Waals surface area (Å²) in [5, 5.41) is 23.8. The lowest BCUT2D eigenvalue weighted by molar-refractivity contribution is 0.0131. The first-order chi connectivity index (χ1) is 10.1. The highest BCUT2D eigenvalue weighted by Crippen LogP contribution is 2.24. The molecule has 1 rings (SSSR count). The number of hydrogen-bond donors (Lipinski definition) is 3. The largest absolute Gasteiger partial charge is 0.465 e. The van der Waals surface area contributed by atoms with Crippen molar-refractivity contribution in [3.63, 3.8) is 0 Å². The third-order valence-corrected chi connectivity index (χ3v) is 3.50. The summed E-state index contributed by atoms with van der Waals surface area (Å²) in [4.78, 5) is 23.1. The van der Waals surface area contributed by atoms with Gasteiger partial charge in [-0.05, 0) is 37.8 Å². The van der Waals surface area contributed by atoms with Gasteiger partial charge >= 0.3 is 12.1 Å². The first-order valence-electron chi connectivity index (χ1n) is 6.63. The van der Waals surface area contributed by atoms with Crippen molar-refractivity contribution in [3.05, 3.63) is 21.9 Å². The minimum atomic E-state index is -1.23. The van der Waals surface area contributed by atoms with Crippen molar-refractivity contribution in [2.24, 2.45) is 0 Å². The minimum Gasteiger partial charge on any atom is -0.465 e. The quantitative estimate of drug-likeness (QED) is 0.705. The van der Waals surface area contributed by atoms with Gasteiger partial charge in [-0.25, -0.2) is 9.59 Å².